The molecule has 2 atom stereocenters. The second-order valence-electron chi connectivity index (χ2n) is 7.30. The standard InChI is InChI=1S/C15H20O6/c16-11(17)6-15(7-12(18)19)9-1-8-2-10(15)5-14(3-8,4-9)13(20)21/h8-10H,1-7H2,(H,16,17)(H,18,19)(H,20,21). The Hall–Kier alpha value is -1.59. The Morgan fingerprint density at radius 2 is 1.33 bits per heavy atom. The number of hydrogen-bond acceptors (Lipinski definition) is 3. The molecule has 116 valence electrons. The number of carbonyl (C=O) groups is 3. The largest absolute Gasteiger partial charge is 0.481 e. The van der Waals surface area contributed by atoms with Crippen LogP contribution in [-0.4, -0.2) is 33.2 Å². The highest BCUT2D eigenvalue weighted by atomic mass is 16.4. The van der Waals surface area contributed by atoms with Crippen LogP contribution < -0.4 is 0 Å². The Labute approximate surface area is 122 Å². The maximum Gasteiger partial charge on any atom is 0.309 e. The first-order valence-corrected chi connectivity index (χ1v) is 7.44. The van der Waals surface area contributed by atoms with Crippen LogP contribution in [0.3, 0.4) is 0 Å². The molecule has 21 heavy (non-hydrogen) atoms. The molecule has 0 aromatic rings. The van der Waals surface area contributed by atoms with E-state index in [2.05, 4.69) is 0 Å². The lowest BCUT2D eigenvalue weighted by Gasteiger charge is -2.63. The first-order chi connectivity index (χ1) is 9.77. The topological polar surface area (TPSA) is 112 Å². The third-order valence-corrected chi connectivity index (χ3v) is 6.23. The molecule has 3 N–H and O–H groups in total. The predicted octanol–water partition coefficient (Wildman–Crippen LogP) is 1.83. The summed E-state index contributed by atoms with van der Waals surface area (Å²) in [6, 6.07) is 0. The van der Waals surface area contributed by atoms with Crippen LogP contribution in [0.2, 0.25) is 0 Å². The van der Waals surface area contributed by atoms with Crippen molar-refractivity contribution in [2.24, 2.45) is 28.6 Å². The molecule has 4 saturated carbocycles. The van der Waals surface area contributed by atoms with E-state index < -0.39 is 28.7 Å². The molecule has 4 aliphatic carbocycles. The smallest absolute Gasteiger partial charge is 0.309 e. The monoisotopic (exact) mass is 296 g/mol. The van der Waals surface area contributed by atoms with Crippen LogP contribution in [0.4, 0.5) is 0 Å². The van der Waals surface area contributed by atoms with Gasteiger partial charge < -0.3 is 15.3 Å². The molecule has 0 radical (unpaired) electrons. The molecule has 6 nitrogen and oxygen atoms in total. The quantitative estimate of drug-likeness (QED) is 0.713. The lowest BCUT2D eigenvalue weighted by Crippen LogP contribution is -2.60. The maximum absolute atomic E-state index is 11.7. The molecule has 4 fully saturated rings. The van der Waals surface area contributed by atoms with E-state index in [1.807, 2.05) is 0 Å². The summed E-state index contributed by atoms with van der Waals surface area (Å²) in [6.07, 6.45) is 2.81. The van der Waals surface area contributed by atoms with Gasteiger partial charge in [0.15, 0.2) is 0 Å². The maximum atomic E-state index is 11.7. The summed E-state index contributed by atoms with van der Waals surface area (Å²) in [5, 5.41) is 28.1. The first kappa shape index (κ1) is 14.4. The van der Waals surface area contributed by atoms with Crippen LogP contribution in [0.15, 0.2) is 0 Å². The molecule has 4 bridgehead atoms. The molecule has 0 aliphatic heterocycles. The molecule has 0 amide bonds. The summed E-state index contributed by atoms with van der Waals surface area (Å²) < 4.78 is 0. The Morgan fingerprint density at radius 1 is 0.857 bits per heavy atom. The highest BCUT2D eigenvalue weighted by molar-refractivity contribution is 5.76. The van der Waals surface area contributed by atoms with Crippen LogP contribution in [0, 0.1) is 28.6 Å². The van der Waals surface area contributed by atoms with Crippen LogP contribution >= 0.6 is 0 Å². The van der Waals surface area contributed by atoms with Crippen molar-refractivity contribution in [3.05, 3.63) is 0 Å². The Morgan fingerprint density at radius 3 is 1.71 bits per heavy atom. The zero-order valence-corrected chi connectivity index (χ0v) is 11.7. The summed E-state index contributed by atoms with van der Waals surface area (Å²) in [4.78, 5) is 34.2. The van der Waals surface area contributed by atoms with Gasteiger partial charge in [0.25, 0.3) is 0 Å². The SMILES string of the molecule is O=C(O)CC1(CC(=O)O)C2CC3CC1CC(C(=O)O)(C3)C2. The average molecular weight is 296 g/mol. The Kier molecular flexibility index (Phi) is 3.04. The highest BCUT2D eigenvalue weighted by Crippen LogP contribution is 2.68. The fourth-order valence-corrected chi connectivity index (χ4v) is 5.65. The van der Waals surface area contributed by atoms with Gasteiger partial charge in [0.1, 0.15) is 0 Å². The van der Waals surface area contributed by atoms with Crippen molar-refractivity contribution in [3.8, 4) is 0 Å². The van der Waals surface area contributed by atoms with E-state index >= 15 is 0 Å². The molecule has 0 heterocycles. The van der Waals surface area contributed by atoms with Gasteiger partial charge in [-0.3, -0.25) is 14.4 Å². The minimum Gasteiger partial charge on any atom is -0.481 e. The van der Waals surface area contributed by atoms with Gasteiger partial charge in [-0.05, 0) is 55.3 Å². The summed E-state index contributed by atoms with van der Waals surface area (Å²) in [6.45, 7) is 0. The van der Waals surface area contributed by atoms with Gasteiger partial charge in [-0.2, -0.15) is 0 Å². The molecule has 4 rings (SSSR count). The Balaban J connectivity index is 1.98. The fourth-order valence-electron chi connectivity index (χ4n) is 5.65. The van der Waals surface area contributed by atoms with Crippen molar-refractivity contribution in [1.82, 2.24) is 0 Å². The number of aliphatic carboxylic acids is 3. The fraction of sp³-hybridized carbons (Fsp3) is 0.800. The third-order valence-electron chi connectivity index (χ3n) is 6.23. The summed E-state index contributed by atoms with van der Waals surface area (Å²) in [5.74, 6) is -2.62. The molecule has 0 saturated heterocycles. The van der Waals surface area contributed by atoms with Gasteiger partial charge in [0.05, 0.1) is 18.3 Å². The molecule has 0 aromatic carbocycles. The van der Waals surface area contributed by atoms with Crippen molar-refractivity contribution in [1.29, 1.82) is 0 Å². The second kappa shape index (κ2) is 4.45. The van der Waals surface area contributed by atoms with E-state index in [9.17, 15) is 29.7 Å². The highest BCUT2D eigenvalue weighted by Gasteiger charge is 2.65. The molecular formula is C15H20O6. The number of hydrogen-bond donors (Lipinski definition) is 3. The van der Waals surface area contributed by atoms with Crippen LogP contribution in [0.5, 0.6) is 0 Å². The normalized spacial score (nSPS) is 39.1. The minimum atomic E-state index is -0.979. The van der Waals surface area contributed by atoms with Crippen molar-refractivity contribution < 1.29 is 29.7 Å². The Bertz CT molecular complexity index is 476. The average Bonchev–Trinajstić information content (AvgIpc) is 2.33. The van der Waals surface area contributed by atoms with Gasteiger partial charge in [-0.1, -0.05) is 0 Å². The van der Waals surface area contributed by atoms with E-state index in [0.717, 1.165) is 12.8 Å². The summed E-state index contributed by atoms with van der Waals surface area (Å²) in [5.41, 5.74) is -1.50. The molecule has 0 aromatic heterocycles. The van der Waals surface area contributed by atoms with Gasteiger partial charge in [0, 0.05) is 0 Å². The number of rotatable bonds is 5. The molecule has 6 heteroatoms. The van der Waals surface area contributed by atoms with E-state index in [4.69, 9.17) is 0 Å². The summed E-state index contributed by atoms with van der Waals surface area (Å²) in [7, 11) is 0. The first-order valence-electron chi connectivity index (χ1n) is 7.44. The number of carboxylic acids is 3. The van der Waals surface area contributed by atoms with E-state index in [1.54, 1.807) is 0 Å². The third kappa shape index (κ3) is 2.03. The van der Waals surface area contributed by atoms with Gasteiger partial charge >= 0.3 is 17.9 Å². The zero-order chi connectivity index (χ0) is 15.4. The zero-order valence-electron chi connectivity index (χ0n) is 11.7. The molecule has 0 spiro atoms. The van der Waals surface area contributed by atoms with Crippen molar-refractivity contribution in [2.45, 2.75) is 44.9 Å². The predicted molar refractivity (Wildman–Crippen MR) is 70.6 cm³/mol. The summed E-state index contributed by atoms with van der Waals surface area (Å²) >= 11 is 0. The van der Waals surface area contributed by atoms with E-state index in [0.29, 0.717) is 25.2 Å². The minimum absolute atomic E-state index is 0.0907. The molecular weight excluding hydrogens is 276 g/mol. The van der Waals surface area contributed by atoms with Crippen LogP contribution in [0.25, 0.3) is 0 Å². The second-order valence-corrected chi connectivity index (χ2v) is 7.30. The van der Waals surface area contributed by atoms with E-state index in [1.165, 1.54) is 0 Å². The van der Waals surface area contributed by atoms with Gasteiger partial charge in [-0.15, -0.1) is 0 Å². The van der Waals surface area contributed by atoms with Crippen LogP contribution in [0.1, 0.15) is 44.9 Å². The lowest BCUT2D eigenvalue weighted by molar-refractivity contribution is -0.194. The number of carboxylic acid groups (broad SMARTS) is 3. The van der Waals surface area contributed by atoms with Crippen molar-refractivity contribution >= 4 is 17.9 Å². The lowest BCUT2D eigenvalue weighted by atomic mass is 9.39. The molecule has 4 aliphatic rings. The van der Waals surface area contributed by atoms with Crippen molar-refractivity contribution in [3.63, 3.8) is 0 Å². The van der Waals surface area contributed by atoms with Crippen LogP contribution in [-0.2, 0) is 14.4 Å². The van der Waals surface area contributed by atoms with Gasteiger partial charge in [0.2, 0.25) is 0 Å². The molecule has 2 unspecified atom stereocenters. The van der Waals surface area contributed by atoms with Crippen molar-refractivity contribution in [2.75, 3.05) is 0 Å². The van der Waals surface area contributed by atoms with Gasteiger partial charge in [-0.25, -0.2) is 0 Å². The van der Waals surface area contributed by atoms with E-state index in [-0.39, 0.29) is 24.7 Å².